The molecule has 3 heterocycles. The highest BCUT2D eigenvalue weighted by molar-refractivity contribution is 9.10. The maximum Gasteiger partial charge on any atom is 0.233 e. The van der Waals surface area contributed by atoms with E-state index < -0.39 is 6.10 Å². The first-order valence-corrected chi connectivity index (χ1v) is 13.7. The summed E-state index contributed by atoms with van der Waals surface area (Å²) < 4.78 is 22.8. The molecule has 2 aromatic carbocycles. The standard InChI is InChI=1S/C28H31BrN6O5/c29-24-15-31-28(33-27(24)37-13-1-8-30)32-21-3-5-23(6-4-21)38-18-22(36)17-35-11-9-34(10-12-35)16-20-2-7-25-26(14-20)40-19-39-25/h2-7,14-15,22,36H,9-13,16-19,30H2,(H,31,32,33). The lowest BCUT2D eigenvalue weighted by Crippen LogP contribution is -2.48. The van der Waals surface area contributed by atoms with Gasteiger partial charge in [0.05, 0.1) is 10.7 Å². The van der Waals surface area contributed by atoms with Gasteiger partial charge in [0, 0.05) is 51.0 Å². The van der Waals surface area contributed by atoms with Gasteiger partial charge in [0.15, 0.2) is 18.1 Å². The second-order valence-corrected chi connectivity index (χ2v) is 10.2. The lowest BCUT2D eigenvalue weighted by Gasteiger charge is -2.35. The number of benzene rings is 2. The Morgan fingerprint density at radius 1 is 1.05 bits per heavy atom. The highest BCUT2D eigenvalue weighted by Gasteiger charge is 2.21. The fourth-order valence-electron chi connectivity index (χ4n) is 4.39. The van der Waals surface area contributed by atoms with Crippen molar-refractivity contribution in [2.45, 2.75) is 12.6 Å². The molecule has 1 fully saturated rings. The van der Waals surface area contributed by atoms with Crippen molar-refractivity contribution in [1.82, 2.24) is 19.8 Å². The normalized spacial score (nSPS) is 15.7. The zero-order valence-electron chi connectivity index (χ0n) is 21.9. The van der Waals surface area contributed by atoms with Crippen molar-refractivity contribution in [1.29, 1.82) is 0 Å². The van der Waals surface area contributed by atoms with Crippen molar-refractivity contribution in [2.24, 2.45) is 5.73 Å². The number of aromatic nitrogens is 2. The lowest BCUT2D eigenvalue weighted by molar-refractivity contribution is 0.0446. The first kappa shape index (κ1) is 27.8. The predicted octanol–water partition coefficient (Wildman–Crippen LogP) is 2.57. The van der Waals surface area contributed by atoms with Gasteiger partial charge in [0.25, 0.3) is 0 Å². The second kappa shape index (κ2) is 13.5. The number of halogens is 1. The minimum Gasteiger partial charge on any atom is -0.491 e. The molecule has 4 N–H and O–H groups in total. The first-order valence-electron chi connectivity index (χ1n) is 12.9. The Hall–Kier alpha value is -3.76. The van der Waals surface area contributed by atoms with Gasteiger partial charge >= 0.3 is 0 Å². The van der Waals surface area contributed by atoms with E-state index in [9.17, 15) is 5.11 Å². The number of piperazine rings is 1. The molecule has 1 atom stereocenters. The van der Waals surface area contributed by atoms with Gasteiger partial charge in [-0.2, -0.15) is 4.98 Å². The fourth-order valence-corrected chi connectivity index (χ4v) is 4.70. The number of β-amino-alcohol motifs (C(OH)–C–C–N with tert-alkyl or cyclic N) is 1. The highest BCUT2D eigenvalue weighted by atomic mass is 79.9. The van der Waals surface area contributed by atoms with Gasteiger partial charge in [-0.1, -0.05) is 6.07 Å². The van der Waals surface area contributed by atoms with E-state index in [4.69, 9.17) is 24.7 Å². The van der Waals surface area contributed by atoms with E-state index >= 15 is 0 Å². The smallest absolute Gasteiger partial charge is 0.233 e. The zero-order valence-corrected chi connectivity index (χ0v) is 23.5. The third-order valence-corrected chi connectivity index (χ3v) is 6.97. The summed E-state index contributed by atoms with van der Waals surface area (Å²) in [5.74, 6) is 5.65. The molecule has 11 nitrogen and oxygen atoms in total. The quantitative estimate of drug-likeness (QED) is 0.219. The Bertz CT molecular complexity index is 1340. The molecule has 0 aliphatic carbocycles. The SMILES string of the molecule is NC#CCOc1nc(Nc2ccc(OCC(O)CN3CCN(Cc4ccc5c(c4)OCO5)CC3)cc2)ncc1Br. The van der Waals surface area contributed by atoms with Crippen LogP contribution in [0.1, 0.15) is 5.56 Å². The summed E-state index contributed by atoms with van der Waals surface area (Å²) in [5, 5.41) is 13.7. The van der Waals surface area contributed by atoms with E-state index in [2.05, 4.69) is 65.1 Å². The van der Waals surface area contributed by atoms with Crippen LogP contribution in [0.5, 0.6) is 23.1 Å². The maximum absolute atomic E-state index is 10.6. The van der Waals surface area contributed by atoms with Gasteiger partial charge in [-0.3, -0.25) is 9.80 Å². The topological polar surface area (TPSA) is 127 Å². The van der Waals surface area contributed by atoms with Crippen LogP contribution in [0.4, 0.5) is 11.6 Å². The Balaban J connectivity index is 1.02. The number of anilines is 2. The highest BCUT2D eigenvalue weighted by Crippen LogP contribution is 2.33. The van der Waals surface area contributed by atoms with Crippen molar-refractivity contribution >= 4 is 27.6 Å². The van der Waals surface area contributed by atoms with E-state index in [0.29, 0.717) is 35.4 Å². The van der Waals surface area contributed by atoms with E-state index in [-0.39, 0.29) is 13.2 Å². The van der Waals surface area contributed by atoms with E-state index in [1.165, 1.54) is 5.56 Å². The van der Waals surface area contributed by atoms with Crippen molar-refractivity contribution in [3.8, 4) is 35.1 Å². The van der Waals surface area contributed by atoms with Gasteiger partial charge in [0.2, 0.25) is 18.6 Å². The Morgan fingerprint density at radius 3 is 2.62 bits per heavy atom. The van der Waals surface area contributed by atoms with Crippen molar-refractivity contribution < 1.29 is 24.1 Å². The average Bonchev–Trinajstić information content (AvgIpc) is 3.44. The van der Waals surface area contributed by atoms with Crippen LogP contribution in [0.3, 0.4) is 0 Å². The number of nitrogens with two attached hydrogens (primary N) is 1. The molecular formula is C28H31BrN6O5. The Labute approximate surface area is 241 Å². The number of hydrogen-bond acceptors (Lipinski definition) is 11. The van der Waals surface area contributed by atoms with Crippen LogP contribution in [-0.4, -0.2) is 83.7 Å². The van der Waals surface area contributed by atoms with Gasteiger partial charge in [0.1, 0.15) is 18.5 Å². The summed E-state index contributed by atoms with van der Waals surface area (Å²) in [6, 6.07) is 15.8. The van der Waals surface area contributed by atoms with Gasteiger partial charge in [-0.05, 0) is 63.8 Å². The number of fused-ring (bicyclic) bond motifs is 1. The summed E-state index contributed by atoms with van der Waals surface area (Å²) in [6.07, 6.45) is 1.01. The van der Waals surface area contributed by atoms with Crippen molar-refractivity contribution in [2.75, 3.05) is 58.0 Å². The summed E-state index contributed by atoms with van der Waals surface area (Å²) in [4.78, 5) is 13.3. The minimum atomic E-state index is -0.586. The molecular weight excluding hydrogens is 580 g/mol. The average molecular weight is 611 g/mol. The molecule has 3 aromatic rings. The Kier molecular flexibility index (Phi) is 9.41. The lowest BCUT2D eigenvalue weighted by atomic mass is 10.1. The Morgan fingerprint density at radius 2 is 1.82 bits per heavy atom. The molecule has 210 valence electrons. The minimum absolute atomic E-state index is 0.127. The third-order valence-electron chi connectivity index (χ3n) is 6.42. The summed E-state index contributed by atoms with van der Waals surface area (Å²) in [7, 11) is 0. The number of rotatable bonds is 11. The zero-order chi connectivity index (χ0) is 27.7. The molecule has 40 heavy (non-hydrogen) atoms. The van der Waals surface area contributed by atoms with E-state index in [1.54, 1.807) is 6.20 Å². The van der Waals surface area contributed by atoms with Gasteiger partial charge < -0.3 is 35.1 Å². The third kappa shape index (κ3) is 7.67. The monoisotopic (exact) mass is 610 g/mol. The molecule has 0 radical (unpaired) electrons. The van der Waals surface area contributed by atoms with E-state index in [0.717, 1.165) is 49.9 Å². The summed E-state index contributed by atoms with van der Waals surface area (Å²) >= 11 is 3.35. The number of aliphatic hydroxyl groups is 1. The van der Waals surface area contributed by atoms with Crippen LogP contribution in [0.2, 0.25) is 0 Å². The molecule has 2 aliphatic rings. The maximum atomic E-state index is 10.6. The van der Waals surface area contributed by atoms with Crippen molar-refractivity contribution in [3.05, 3.63) is 58.7 Å². The molecule has 1 aromatic heterocycles. The summed E-state index contributed by atoms with van der Waals surface area (Å²) in [6.45, 7) is 5.74. The number of nitrogens with one attached hydrogen (secondary N) is 1. The molecule has 0 saturated carbocycles. The van der Waals surface area contributed by atoms with Gasteiger partial charge in [-0.15, -0.1) is 0 Å². The fraction of sp³-hybridized carbons (Fsp3) is 0.357. The molecule has 0 bridgehead atoms. The second-order valence-electron chi connectivity index (χ2n) is 9.34. The van der Waals surface area contributed by atoms with E-state index in [1.807, 2.05) is 30.3 Å². The molecule has 1 unspecified atom stereocenters. The number of aliphatic hydroxyl groups excluding tert-OH is 1. The van der Waals surface area contributed by atoms with Crippen LogP contribution in [-0.2, 0) is 6.54 Å². The predicted molar refractivity (Wildman–Crippen MR) is 153 cm³/mol. The van der Waals surface area contributed by atoms with Crippen LogP contribution in [0.25, 0.3) is 0 Å². The van der Waals surface area contributed by atoms with Crippen molar-refractivity contribution in [3.63, 3.8) is 0 Å². The largest absolute Gasteiger partial charge is 0.491 e. The molecule has 1 saturated heterocycles. The molecule has 0 spiro atoms. The number of nitrogens with zero attached hydrogens (tertiary/aromatic N) is 4. The van der Waals surface area contributed by atoms with Crippen LogP contribution < -0.4 is 30.0 Å². The van der Waals surface area contributed by atoms with Crippen LogP contribution >= 0.6 is 15.9 Å². The number of ether oxygens (including phenoxy) is 4. The number of hydrogen-bond donors (Lipinski definition) is 3. The molecule has 5 rings (SSSR count). The molecule has 12 heteroatoms. The molecule has 2 aliphatic heterocycles. The summed E-state index contributed by atoms with van der Waals surface area (Å²) in [5.41, 5.74) is 7.15. The molecule has 0 amide bonds. The first-order chi connectivity index (χ1) is 19.6. The van der Waals surface area contributed by atoms with Crippen LogP contribution in [0, 0.1) is 12.0 Å². The van der Waals surface area contributed by atoms with Crippen LogP contribution in [0.15, 0.2) is 53.1 Å². The van der Waals surface area contributed by atoms with Gasteiger partial charge in [-0.25, -0.2) is 4.98 Å².